The fourth-order valence-electron chi connectivity index (χ4n) is 2.65. The number of aromatic nitrogens is 2. The van der Waals surface area contributed by atoms with Gasteiger partial charge < -0.3 is 10.6 Å². The van der Waals surface area contributed by atoms with E-state index in [4.69, 9.17) is 5.73 Å². The van der Waals surface area contributed by atoms with E-state index in [1.54, 1.807) is 0 Å². The van der Waals surface area contributed by atoms with Crippen molar-refractivity contribution in [3.8, 4) is 0 Å². The number of nitrogens with two attached hydrogens (primary N) is 1. The highest BCUT2D eigenvalue weighted by atomic mass is 15.3. The number of hydrogen-bond donors (Lipinski definition) is 1. The van der Waals surface area contributed by atoms with Crippen molar-refractivity contribution in [2.24, 2.45) is 5.73 Å². The molecule has 0 aliphatic carbocycles. The van der Waals surface area contributed by atoms with Crippen LogP contribution in [-0.2, 0) is 6.54 Å². The largest absolute Gasteiger partial charge is 0.326 e. The molecule has 1 aliphatic rings. The summed E-state index contributed by atoms with van der Waals surface area (Å²) < 4.78 is 2.19. The van der Waals surface area contributed by atoms with Crippen LogP contribution in [0, 0.1) is 13.8 Å². The van der Waals surface area contributed by atoms with Gasteiger partial charge in [0.1, 0.15) is 0 Å². The van der Waals surface area contributed by atoms with Crippen molar-refractivity contribution in [1.29, 1.82) is 0 Å². The summed E-state index contributed by atoms with van der Waals surface area (Å²) in [6.45, 7) is 10.5. The molecule has 2 N–H and O–H groups in total. The molecule has 0 bridgehead atoms. The minimum Gasteiger partial charge on any atom is -0.326 e. The van der Waals surface area contributed by atoms with Crippen LogP contribution >= 0.6 is 0 Å². The molecule has 90 valence electrons. The Labute approximate surface area is 97.4 Å². The summed E-state index contributed by atoms with van der Waals surface area (Å²) in [7, 11) is 0. The lowest BCUT2D eigenvalue weighted by atomic mass is 10.2. The predicted molar refractivity (Wildman–Crippen MR) is 65.4 cm³/mol. The fourth-order valence-corrected chi connectivity index (χ4v) is 2.65. The van der Waals surface area contributed by atoms with Crippen LogP contribution in [0.3, 0.4) is 0 Å². The first-order valence-corrected chi connectivity index (χ1v) is 6.14. The summed E-state index contributed by atoms with van der Waals surface area (Å²) in [5.41, 5.74) is 9.32. The van der Waals surface area contributed by atoms with Crippen molar-refractivity contribution in [3.63, 3.8) is 0 Å². The van der Waals surface area contributed by atoms with Crippen molar-refractivity contribution in [2.75, 3.05) is 19.6 Å². The minimum absolute atomic E-state index is 0.541. The molecule has 0 saturated carbocycles. The second-order valence-corrected chi connectivity index (χ2v) is 4.63. The molecular formula is C12H22N4. The van der Waals surface area contributed by atoms with Crippen molar-refractivity contribution in [1.82, 2.24) is 14.7 Å². The number of hydrogen-bond acceptors (Lipinski definition) is 3. The lowest BCUT2D eigenvalue weighted by Crippen LogP contribution is -2.21. The zero-order chi connectivity index (χ0) is 11.7. The molecule has 1 aliphatic heterocycles. The molecule has 16 heavy (non-hydrogen) atoms. The summed E-state index contributed by atoms with van der Waals surface area (Å²) >= 11 is 0. The van der Waals surface area contributed by atoms with Crippen molar-refractivity contribution in [2.45, 2.75) is 39.8 Å². The Morgan fingerprint density at radius 2 is 2.19 bits per heavy atom. The number of nitrogens with zero attached hydrogens (tertiary/aromatic N) is 3. The SMILES string of the molecule is CCN1CCC(n2nc(C)c(CN)c2C)C1. The third-order valence-corrected chi connectivity index (χ3v) is 3.72. The highest BCUT2D eigenvalue weighted by Gasteiger charge is 2.25. The quantitative estimate of drug-likeness (QED) is 0.836. The lowest BCUT2D eigenvalue weighted by molar-refractivity contribution is 0.334. The van der Waals surface area contributed by atoms with Crippen LogP contribution in [0.2, 0.25) is 0 Å². The maximum absolute atomic E-state index is 5.75. The Kier molecular flexibility index (Phi) is 3.30. The molecule has 1 fully saturated rings. The maximum atomic E-state index is 5.75. The first kappa shape index (κ1) is 11.6. The van der Waals surface area contributed by atoms with Crippen LogP contribution in [0.4, 0.5) is 0 Å². The Bertz CT molecular complexity index is 369. The van der Waals surface area contributed by atoms with Gasteiger partial charge in [-0.15, -0.1) is 0 Å². The number of rotatable bonds is 3. The highest BCUT2D eigenvalue weighted by molar-refractivity contribution is 5.24. The number of aryl methyl sites for hydroxylation is 1. The molecule has 1 saturated heterocycles. The molecule has 0 aromatic carbocycles. The second kappa shape index (κ2) is 4.55. The van der Waals surface area contributed by atoms with E-state index in [-0.39, 0.29) is 0 Å². The van der Waals surface area contributed by atoms with Gasteiger partial charge in [0.15, 0.2) is 0 Å². The van der Waals surface area contributed by atoms with Crippen molar-refractivity contribution >= 4 is 0 Å². The van der Waals surface area contributed by atoms with Crippen LogP contribution in [0.1, 0.15) is 36.3 Å². The van der Waals surface area contributed by atoms with E-state index < -0.39 is 0 Å². The monoisotopic (exact) mass is 222 g/mol. The van der Waals surface area contributed by atoms with Gasteiger partial charge in [-0.05, 0) is 26.8 Å². The van der Waals surface area contributed by atoms with Crippen molar-refractivity contribution < 1.29 is 0 Å². The third kappa shape index (κ3) is 1.87. The van der Waals surface area contributed by atoms with Crippen LogP contribution in [0.25, 0.3) is 0 Å². The smallest absolute Gasteiger partial charge is 0.0661 e. The molecule has 2 heterocycles. The molecular weight excluding hydrogens is 200 g/mol. The van der Waals surface area contributed by atoms with Gasteiger partial charge in [0.2, 0.25) is 0 Å². The highest BCUT2D eigenvalue weighted by Crippen LogP contribution is 2.24. The van der Waals surface area contributed by atoms with Gasteiger partial charge in [0, 0.05) is 30.9 Å². The minimum atomic E-state index is 0.541. The number of likely N-dealkylation sites (N-methyl/N-ethyl adjacent to an activating group) is 1. The van der Waals surface area contributed by atoms with E-state index in [9.17, 15) is 0 Å². The zero-order valence-electron chi connectivity index (χ0n) is 10.5. The van der Waals surface area contributed by atoms with Crippen LogP contribution in [0.5, 0.6) is 0 Å². The van der Waals surface area contributed by atoms with Gasteiger partial charge in [-0.3, -0.25) is 4.68 Å². The molecule has 4 heteroatoms. The molecule has 4 nitrogen and oxygen atoms in total. The summed E-state index contributed by atoms with van der Waals surface area (Å²) in [4.78, 5) is 2.48. The molecule has 0 radical (unpaired) electrons. The first-order chi connectivity index (χ1) is 7.67. The third-order valence-electron chi connectivity index (χ3n) is 3.72. The lowest BCUT2D eigenvalue weighted by Gasteiger charge is -2.15. The summed E-state index contributed by atoms with van der Waals surface area (Å²) in [6.07, 6.45) is 1.21. The van der Waals surface area contributed by atoms with Gasteiger partial charge in [-0.1, -0.05) is 6.92 Å². The summed E-state index contributed by atoms with van der Waals surface area (Å²) in [5, 5.41) is 4.64. The van der Waals surface area contributed by atoms with Crippen LogP contribution < -0.4 is 5.73 Å². The zero-order valence-corrected chi connectivity index (χ0v) is 10.5. The topological polar surface area (TPSA) is 47.1 Å². The molecule has 0 spiro atoms. The van der Waals surface area contributed by atoms with Gasteiger partial charge >= 0.3 is 0 Å². The van der Waals surface area contributed by atoms with E-state index in [1.165, 1.54) is 24.2 Å². The van der Waals surface area contributed by atoms with Crippen molar-refractivity contribution in [3.05, 3.63) is 17.0 Å². The first-order valence-electron chi connectivity index (χ1n) is 6.14. The Morgan fingerprint density at radius 3 is 2.69 bits per heavy atom. The van der Waals surface area contributed by atoms with Gasteiger partial charge in [0.05, 0.1) is 11.7 Å². The summed E-state index contributed by atoms with van der Waals surface area (Å²) in [5.74, 6) is 0. The molecule has 1 atom stereocenters. The Morgan fingerprint density at radius 1 is 1.44 bits per heavy atom. The van der Waals surface area contributed by atoms with Crippen LogP contribution in [0.15, 0.2) is 0 Å². The average Bonchev–Trinajstić information content (AvgIpc) is 2.83. The van der Waals surface area contributed by atoms with Crippen LogP contribution in [-0.4, -0.2) is 34.3 Å². The molecule has 1 unspecified atom stereocenters. The normalized spacial score (nSPS) is 21.9. The molecule has 1 aromatic rings. The van der Waals surface area contributed by atoms with Gasteiger partial charge in [-0.25, -0.2) is 0 Å². The molecule has 1 aromatic heterocycles. The fraction of sp³-hybridized carbons (Fsp3) is 0.750. The van der Waals surface area contributed by atoms with Gasteiger partial charge in [0.25, 0.3) is 0 Å². The summed E-state index contributed by atoms with van der Waals surface area (Å²) in [6, 6.07) is 0.541. The van der Waals surface area contributed by atoms with Gasteiger partial charge in [-0.2, -0.15) is 5.10 Å². The average molecular weight is 222 g/mol. The van der Waals surface area contributed by atoms with E-state index in [2.05, 4.69) is 35.5 Å². The van der Waals surface area contributed by atoms with E-state index in [0.29, 0.717) is 12.6 Å². The number of likely N-dealkylation sites (tertiary alicyclic amines) is 1. The predicted octanol–water partition coefficient (Wildman–Crippen LogP) is 1.23. The standard InChI is InChI=1S/C12H22N4/c1-4-15-6-5-11(8-15)16-10(3)12(7-13)9(2)14-16/h11H,4-8,13H2,1-3H3. The Hall–Kier alpha value is -0.870. The van der Waals surface area contributed by atoms with E-state index >= 15 is 0 Å². The van der Waals surface area contributed by atoms with E-state index in [1.807, 2.05) is 0 Å². The maximum Gasteiger partial charge on any atom is 0.0661 e. The van der Waals surface area contributed by atoms with E-state index in [0.717, 1.165) is 18.8 Å². The molecule has 0 amide bonds. The second-order valence-electron chi connectivity index (χ2n) is 4.63. The Balaban J connectivity index is 2.22. The molecule has 2 rings (SSSR count).